The Balaban J connectivity index is 1.56. The van der Waals surface area contributed by atoms with Crippen LogP contribution in [0.15, 0.2) is 24.3 Å². The molecule has 1 saturated heterocycles. The number of hydrogen-bond acceptors (Lipinski definition) is 4. The van der Waals surface area contributed by atoms with E-state index in [1.807, 2.05) is 0 Å². The molecule has 1 amide bonds. The molecule has 1 saturated carbocycles. The van der Waals surface area contributed by atoms with Gasteiger partial charge in [0.05, 0.1) is 24.8 Å². The quantitative estimate of drug-likeness (QED) is 0.826. The fraction of sp³-hybridized carbons (Fsp3) is 0.579. The van der Waals surface area contributed by atoms with E-state index < -0.39 is 5.97 Å². The lowest BCUT2D eigenvalue weighted by Crippen LogP contribution is -2.52. The van der Waals surface area contributed by atoms with Crippen LogP contribution in [-0.4, -0.2) is 42.3 Å². The third-order valence-electron chi connectivity index (χ3n) is 4.98. The SMILES string of the molecule is O=C(CC1CCCC1)N[C@@H]1COCC[C@H]1Oc1ccc(C(=O)O)cc1. The maximum Gasteiger partial charge on any atom is 0.335 e. The van der Waals surface area contributed by atoms with Crippen LogP contribution < -0.4 is 10.1 Å². The largest absolute Gasteiger partial charge is 0.488 e. The van der Waals surface area contributed by atoms with Crippen molar-refractivity contribution in [1.29, 1.82) is 0 Å². The summed E-state index contributed by atoms with van der Waals surface area (Å²) in [6, 6.07) is 6.16. The van der Waals surface area contributed by atoms with Gasteiger partial charge in [0, 0.05) is 12.8 Å². The molecular weight excluding hydrogens is 322 g/mol. The first-order valence-electron chi connectivity index (χ1n) is 8.99. The fourth-order valence-corrected chi connectivity index (χ4v) is 3.59. The first-order chi connectivity index (χ1) is 12.1. The van der Waals surface area contributed by atoms with Crippen molar-refractivity contribution in [3.63, 3.8) is 0 Å². The first kappa shape index (κ1) is 17.7. The molecule has 1 aromatic carbocycles. The topological polar surface area (TPSA) is 84.9 Å². The van der Waals surface area contributed by atoms with E-state index in [0.717, 1.165) is 12.8 Å². The van der Waals surface area contributed by atoms with Crippen molar-refractivity contribution in [1.82, 2.24) is 5.32 Å². The van der Waals surface area contributed by atoms with Gasteiger partial charge in [0.25, 0.3) is 0 Å². The molecule has 1 heterocycles. The van der Waals surface area contributed by atoms with Crippen molar-refractivity contribution in [3.8, 4) is 5.75 Å². The Morgan fingerprint density at radius 3 is 2.56 bits per heavy atom. The molecule has 1 aromatic rings. The zero-order chi connectivity index (χ0) is 17.6. The number of amides is 1. The van der Waals surface area contributed by atoms with E-state index in [2.05, 4.69) is 5.32 Å². The van der Waals surface area contributed by atoms with Gasteiger partial charge < -0.3 is 19.9 Å². The molecule has 2 aliphatic rings. The summed E-state index contributed by atoms with van der Waals surface area (Å²) in [6.07, 6.45) is 5.84. The van der Waals surface area contributed by atoms with E-state index in [-0.39, 0.29) is 23.6 Å². The van der Waals surface area contributed by atoms with E-state index >= 15 is 0 Å². The highest BCUT2D eigenvalue weighted by molar-refractivity contribution is 5.87. The Labute approximate surface area is 147 Å². The summed E-state index contributed by atoms with van der Waals surface area (Å²) in [5.41, 5.74) is 0.223. The number of rotatable bonds is 6. The average molecular weight is 347 g/mol. The number of nitrogens with one attached hydrogen (secondary N) is 1. The van der Waals surface area contributed by atoms with Gasteiger partial charge in [-0.1, -0.05) is 12.8 Å². The van der Waals surface area contributed by atoms with Crippen molar-refractivity contribution in [2.45, 2.75) is 50.7 Å². The van der Waals surface area contributed by atoms with E-state index in [1.165, 1.54) is 25.0 Å². The van der Waals surface area contributed by atoms with Crippen molar-refractivity contribution >= 4 is 11.9 Å². The Hall–Kier alpha value is -2.08. The van der Waals surface area contributed by atoms with E-state index in [9.17, 15) is 9.59 Å². The summed E-state index contributed by atoms with van der Waals surface area (Å²) < 4.78 is 11.5. The number of benzene rings is 1. The van der Waals surface area contributed by atoms with E-state index in [0.29, 0.717) is 37.7 Å². The van der Waals surface area contributed by atoms with Gasteiger partial charge in [0.2, 0.25) is 5.91 Å². The summed E-state index contributed by atoms with van der Waals surface area (Å²) in [4.78, 5) is 23.2. The van der Waals surface area contributed by atoms with Gasteiger partial charge in [0.15, 0.2) is 0 Å². The molecule has 6 nitrogen and oxygen atoms in total. The maximum atomic E-state index is 12.3. The van der Waals surface area contributed by atoms with Crippen LogP contribution in [-0.2, 0) is 9.53 Å². The van der Waals surface area contributed by atoms with Crippen LogP contribution in [0.1, 0.15) is 48.9 Å². The van der Waals surface area contributed by atoms with Crippen LogP contribution >= 0.6 is 0 Å². The molecule has 25 heavy (non-hydrogen) atoms. The molecule has 0 spiro atoms. The lowest BCUT2D eigenvalue weighted by Gasteiger charge is -2.32. The zero-order valence-electron chi connectivity index (χ0n) is 14.3. The highest BCUT2D eigenvalue weighted by atomic mass is 16.5. The predicted octanol–water partition coefficient (Wildman–Crippen LogP) is 2.62. The second kappa shape index (κ2) is 8.34. The molecule has 3 rings (SSSR count). The lowest BCUT2D eigenvalue weighted by atomic mass is 10.0. The Bertz CT molecular complexity index is 594. The second-order valence-electron chi connectivity index (χ2n) is 6.88. The smallest absolute Gasteiger partial charge is 0.335 e. The summed E-state index contributed by atoms with van der Waals surface area (Å²) in [5.74, 6) is 0.214. The van der Waals surface area contributed by atoms with Gasteiger partial charge in [-0.15, -0.1) is 0 Å². The Morgan fingerprint density at radius 1 is 1.16 bits per heavy atom. The number of carboxylic acid groups (broad SMARTS) is 1. The van der Waals surface area contributed by atoms with Gasteiger partial charge in [0.1, 0.15) is 11.9 Å². The molecule has 1 aliphatic heterocycles. The van der Waals surface area contributed by atoms with Crippen LogP contribution in [0.4, 0.5) is 0 Å². The maximum absolute atomic E-state index is 12.3. The van der Waals surface area contributed by atoms with E-state index in [1.54, 1.807) is 12.1 Å². The van der Waals surface area contributed by atoms with Gasteiger partial charge in [-0.05, 0) is 43.0 Å². The third kappa shape index (κ3) is 4.95. The van der Waals surface area contributed by atoms with Crippen LogP contribution in [0.5, 0.6) is 5.75 Å². The molecule has 1 aliphatic carbocycles. The standard InChI is InChI=1S/C19H25NO5/c21-18(11-13-3-1-2-4-13)20-16-12-24-10-9-17(16)25-15-7-5-14(6-8-15)19(22)23/h5-8,13,16-17H,1-4,9-12H2,(H,20,21)(H,22,23)/t16-,17-/m1/s1. The molecule has 2 N–H and O–H groups in total. The number of hydrogen-bond donors (Lipinski definition) is 2. The number of aromatic carboxylic acids is 1. The van der Waals surface area contributed by atoms with Crippen LogP contribution in [0.2, 0.25) is 0 Å². The van der Waals surface area contributed by atoms with E-state index in [4.69, 9.17) is 14.6 Å². The number of carbonyl (C=O) groups is 2. The van der Waals surface area contributed by atoms with Crippen LogP contribution in [0, 0.1) is 5.92 Å². The molecule has 0 bridgehead atoms. The Kier molecular flexibility index (Phi) is 5.91. The fourth-order valence-electron chi connectivity index (χ4n) is 3.59. The summed E-state index contributed by atoms with van der Waals surface area (Å²) in [6.45, 7) is 1.03. The van der Waals surface area contributed by atoms with Crippen molar-refractivity contribution in [2.24, 2.45) is 5.92 Å². The predicted molar refractivity (Wildman–Crippen MR) is 91.8 cm³/mol. The number of carbonyl (C=O) groups excluding carboxylic acids is 1. The third-order valence-corrected chi connectivity index (χ3v) is 4.98. The van der Waals surface area contributed by atoms with Gasteiger partial charge in [-0.3, -0.25) is 4.79 Å². The summed E-state index contributed by atoms with van der Waals surface area (Å²) in [7, 11) is 0. The highest BCUT2D eigenvalue weighted by Crippen LogP contribution is 2.27. The normalized spacial score (nSPS) is 24.0. The van der Waals surface area contributed by atoms with Crippen molar-refractivity contribution in [2.75, 3.05) is 13.2 Å². The number of carboxylic acids is 1. The van der Waals surface area contributed by atoms with Crippen LogP contribution in [0.25, 0.3) is 0 Å². The van der Waals surface area contributed by atoms with Crippen molar-refractivity contribution in [3.05, 3.63) is 29.8 Å². The van der Waals surface area contributed by atoms with Crippen molar-refractivity contribution < 1.29 is 24.2 Å². The lowest BCUT2D eigenvalue weighted by molar-refractivity contribution is -0.125. The minimum atomic E-state index is -0.963. The average Bonchev–Trinajstić information content (AvgIpc) is 3.10. The molecule has 6 heteroatoms. The summed E-state index contributed by atoms with van der Waals surface area (Å²) in [5, 5.41) is 12.0. The number of ether oxygens (including phenoxy) is 2. The van der Waals surface area contributed by atoms with Gasteiger partial charge >= 0.3 is 5.97 Å². The molecule has 0 aromatic heterocycles. The van der Waals surface area contributed by atoms with Crippen LogP contribution in [0.3, 0.4) is 0 Å². The summed E-state index contributed by atoms with van der Waals surface area (Å²) >= 11 is 0. The molecule has 2 atom stereocenters. The monoisotopic (exact) mass is 347 g/mol. The van der Waals surface area contributed by atoms with Gasteiger partial charge in [-0.25, -0.2) is 4.79 Å². The molecule has 136 valence electrons. The molecule has 2 fully saturated rings. The molecular formula is C19H25NO5. The zero-order valence-corrected chi connectivity index (χ0v) is 14.3. The minimum Gasteiger partial charge on any atom is -0.488 e. The minimum absolute atomic E-state index is 0.0669. The highest BCUT2D eigenvalue weighted by Gasteiger charge is 2.30. The second-order valence-corrected chi connectivity index (χ2v) is 6.88. The van der Waals surface area contributed by atoms with Gasteiger partial charge in [-0.2, -0.15) is 0 Å². The molecule has 0 radical (unpaired) electrons. The first-order valence-corrected chi connectivity index (χ1v) is 8.99. The Morgan fingerprint density at radius 2 is 1.88 bits per heavy atom. The molecule has 0 unspecified atom stereocenters.